The van der Waals surface area contributed by atoms with Crippen molar-refractivity contribution in [3.63, 3.8) is 0 Å². The highest BCUT2D eigenvalue weighted by molar-refractivity contribution is 9.10. The maximum Gasteiger partial charge on any atom is 0.173 e. The van der Waals surface area contributed by atoms with Crippen molar-refractivity contribution in [2.24, 2.45) is 0 Å². The maximum atomic E-state index is 5.33. The number of rotatable bonds is 4. The lowest BCUT2D eigenvalue weighted by atomic mass is 10.0. The lowest BCUT2D eigenvalue weighted by Crippen LogP contribution is -2.18. The van der Waals surface area contributed by atoms with E-state index in [9.17, 15) is 0 Å². The minimum atomic E-state index is 0.256. The average molecular weight is 336 g/mol. The molecule has 19 heavy (non-hydrogen) atoms. The summed E-state index contributed by atoms with van der Waals surface area (Å²) in [5.41, 5.74) is 2.55. The third-order valence-corrected chi connectivity index (χ3v) is 5.01. The molecule has 0 radical (unpaired) electrons. The second-order valence-electron chi connectivity index (χ2n) is 4.45. The smallest absolute Gasteiger partial charge is 0.173 e. The zero-order valence-corrected chi connectivity index (χ0v) is 12.9. The van der Waals surface area contributed by atoms with Crippen LogP contribution in [0.4, 0.5) is 0 Å². The van der Waals surface area contributed by atoms with Gasteiger partial charge in [-0.05, 0) is 57.9 Å². The van der Waals surface area contributed by atoms with E-state index >= 15 is 0 Å². The van der Waals surface area contributed by atoms with Crippen LogP contribution in [0.2, 0.25) is 0 Å². The molecule has 0 saturated carbocycles. The van der Waals surface area contributed by atoms with E-state index in [0.29, 0.717) is 0 Å². The van der Waals surface area contributed by atoms with Crippen LogP contribution in [-0.2, 0) is 6.42 Å². The number of thiophene rings is 1. The van der Waals surface area contributed by atoms with Crippen molar-refractivity contribution in [3.05, 3.63) is 57.8 Å². The van der Waals surface area contributed by atoms with Gasteiger partial charge in [0.15, 0.2) is 4.67 Å². The van der Waals surface area contributed by atoms with Gasteiger partial charge in [-0.15, -0.1) is 11.3 Å². The Balaban J connectivity index is 1.93. The van der Waals surface area contributed by atoms with Crippen LogP contribution in [0.5, 0.6) is 0 Å². The highest BCUT2D eigenvalue weighted by Crippen LogP contribution is 2.32. The SMILES string of the molecule is CNC(Cc1csc2ccccc12)c1ccoc1Br. The first-order valence-electron chi connectivity index (χ1n) is 6.15. The van der Waals surface area contributed by atoms with Gasteiger partial charge in [0.05, 0.1) is 6.26 Å². The molecular formula is C15H14BrNOS. The van der Waals surface area contributed by atoms with Gasteiger partial charge in [0, 0.05) is 16.3 Å². The van der Waals surface area contributed by atoms with Crippen molar-refractivity contribution in [3.8, 4) is 0 Å². The van der Waals surface area contributed by atoms with Crippen LogP contribution in [0.3, 0.4) is 0 Å². The highest BCUT2D eigenvalue weighted by Gasteiger charge is 2.17. The van der Waals surface area contributed by atoms with E-state index in [2.05, 4.69) is 50.9 Å². The highest BCUT2D eigenvalue weighted by atomic mass is 79.9. The quantitative estimate of drug-likeness (QED) is 0.743. The first-order valence-corrected chi connectivity index (χ1v) is 7.82. The van der Waals surface area contributed by atoms with Gasteiger partial charge in [-0.25, -0.2) is 0 Å². The van der Waals surface area contributed by atoms with Crippen molar-refractivity contribution in [2.45, 2.75) is 12.5 Å². The molecule has 1 atom stereocenters. The first kappa shape index (κ1) is 12.9. The van der Waals surface area contributed by atoms with Crippen LogP contribution in [0.25, 0.3) is 10.1 Å². The van der Waals surface area contributed by atoms with Gasteiger partial charge in [-0.3, -0.25) is 0 Å². The summed E-state index contributed by atoms with van der Waals surface area (Å²) in [6.07, 6.45) is 2.67. The van der Waals surface area contributed by atoms with Gasteiger partial charge >= 0.3 is 0 Å². The van der Waals surface area contributed by atoms with Gasteiger partial charge in [0.1, 0.15) is 0 Å². The molecule has 2 nitrogen and oxygen atoms in total. The van der Waals surface area contributed by atoms with E-state index < -0.39 is 0 Å². The number of hydrogen-bond donors (Lipinski definition) is 1. The van der Waals surface area contributed by atoms with E-state index in [-0.39, 0.29) is 6.04 Å². The normalized spacial score (nSPS) is 12.9. The van der Waals surface area contributed by atoms with E-state index in [0.717, 1.165) is 16.7 Å². The molecule has 3 aromatic rings. The second-order valence-corrected chi connectivity index (χ2v) is 6.08. The van der Waals surface area contributed by atoms with Gasteiger partial charge in [0.2, 0.25) is 0 Å². The fourth-order valence-electron chi connectivity index (χ4n) is 2.33. The number of furan rings is 1. The topological polar surface area (TPSA) is 25.2 Å². The van der Waals surface area contributed by atoms with E-state index in [1.165, 1.54) is 15.6 Å². The zero-order chi connectivity index (χ0) is 13.2. The van der Waals surface area contributed by atoms with Crippen molar-refractivity contribution in [2.75, 3.05) is 7.05 Å². The van der Waals surface area contributed by atoms with E-state index in [1.807, 2.05) is 13.1 Å². The van der Waals surface area contributed by atoms with Crippen molar-refractivity contribution in [1.29, 1.82) is 0 Å². The Morgan fingerprint density at radius 1 is 1.32 bits per heavy atom. The molecule has 1 aromatic carbocycles. The largest absolute Gasteiger partial charge is 0.457 e. The van der Waals surface area contributed by atoms with Crippen molar-refractivity contribution in [1.82, 2.24) is 5.32 Å². The second kappa shape index (κ2) is 5.49. The van der Waals surface area contributed by atoms with Crippen molar-refractivity contribution < 1.29 is 4.42 Å². The third-order valence-electron chi connectivity index (χ3n) is 3.36. The number of nitrogens with one attached hydrogen (secondary N) is 1. The van der Waals surface area contributed by atoms with E-state index in [4.69, 9.17) is 4.42 Å². The molecule has 2 heterocycles. The summed E-state index contributed by atoms with van der Waals surface area (Å²) in [5.74, 6) is 0. The number of hydrogen-bond acceptors (Lipinski definition) is 3. The molecule has 0 saturated heterocycles. The Morgan fingerprint density at radius 2 is 2.16 bits per heavy atom. The molecule has 2 aromatic heterocycles. The molecular weight excluding hydrogens is 322 g/mol. The molecule has 98 valence electrons. The number of likely N-dealkylation sites (N-methyl/N-ethyl adjacent to an activating group) is 1. The predicted molar refractivity (Wildman–Crippen MR) is 83.7 cm³/mol. The Labute approximate surface area is 124 Å². The molecule has 0 spiro atoms. The molecule has 4 heteroatoms. The summed E-state index contributed by atoms with van der Waals surface area (Å²) in [6.45, 7) is 0. The Hall–Kier alpha value is -1.10. The molecule has 0 fully saturated rings. The fraction of sp³-hybridized carbons (Fsp3) is 0.200. The van der Waals surface area contributed by atoms with E-state index in [1.54, 1.807) is 17.6 Å². The molecule has 0 amide bonds. The fourth-order valence-corrected chi connectivity index (χ4v) is 3.82. The minimum Gasteiger partial charge on any atom is -0.457 e. The third kappa shape index (κ3) is 2.48. The van der Waals surface area contributed by atoms with Crippen LogP contribution in [0, 0.1) is 0 Å². The van der Waals surface area contributed by atoms with Gasteiger partial charge < -0.3 is 9.73 Å². The van der Waals surface area contributed by atoms with Crippen LogP contribution < -0.4 is 5.32 Å². The van der Waals surface area contributed by atoms with Crippen molar-refractivity contribution >= 4 is 37.4 Å². The number of fused-ring (bicyclic) bond motifs is 1. The monoisotopic (exact) mass is 335 g/mol. The van der Waals surface area contributed by atoms with Crippen LogP contribution >= 0.6 is 27.3 Å². The van der Waals surface area contributed by atoms with Gasteiger partial charge in [0.25, 0.3) is 0 Å². The lowest BCUT2D eigenvalue weighted by Gasteiger charge is -2.14. The summed E-state index contributed by atoms with van der Waals surface area (Å²) >= 11 is 5.26. The summed E-state index contributed by atoms with van der Waals surface area (Å²) < 4.78 is 7.49. The summed E-state index contributed by atoms with van der Waals surface area (Å²) in [6, 6.07) is 10.8. The molecule has 0 aliphatic rings. The Morgan fingerprint density at radius 3 is 2.89 bits per heavy atom. The summed E-state index contributed by atoms with van der Waals surface area (Å²) in [5, 5.41) is 6.97. The number of halogens is 1. The molecule has 1 unspecified atom stereocenters. The zero-order valence-electron chi connectivity index (χ0n) is 10.5. The standard InChI is InChI=1S/C15H14BrNOS/c1-17-13(12-6-7-18-15(12)16)8-10-9-19-14-5-3-2-4-11(10)14/h2-7,9,13,17H,8H2,1H3. The molecule has 1 N–H and O–H groups in total. The van der Waals surface area contributed by atoms with Crippen LogP contribution in [-0.4, -0.2) is 7.05 Å². The predicted octanol–water partition coefficient (Wildman–Crippen LogP) is 4.76. The molecule has 0 aliphatic heterocycles. The molecule has 0 aliphatic carbocycles. The Kier molecular flexibility index (Phi) is 3.73. The first-order chi connectivity index (χ1) is 9.29. The maximum absolute atomic E-state index is 5.33. The summed E-state index contributed by atoms with van der Waals surface area (Å²) in [7, 11) is 1.98. The molecule has 0 bridgehead atoms. The molecule has 3 rings (SSSR count). The van der Waals surface area contributed by atoms with Gasteiger partial charge in [-0.2, -0.15) is 0 Å². The van der Waals surface area contributed by atoms with Crippen LogP contribution in [0.15, 0.2) is 51.1 Å². The van der Waals surface area contributed by atoms with Crippen LogP contribution in [0.1, 0.15) is 17.2 Å². The average Bonchev–Trinajstić information content (AvgIpc) is 3.03. The minimum absolute atomic E-state index is 0.256. The lowest BCUT2D eigenvalue weighted by molar-refractivity contribution is 0.518. The number of benzene rings is 1. The summed E-state index contributed by atoms with van der Waals surface area (Å²) in [4.78, 5) is 0. The van der Waals surface area contributed by atoms with Gasteiger partial charge in [-0.1, -0.05) is 18.2 Å². The Bertz CT molecular complexity index is 688.